The fraction of sp³-hybridized carbons (Fsp3) is 0.471. The maximum Gasteiger partial charge on any atom is 0.248 e. The summed E-state index contributed by atoms with van der Waals surface area (Å²) in [5.74, 6) is 1.95. The lowest BCUT2D eigenvalue weighted by Gasteiger charge is -2.20. The highest BCUT2D eigenvalue weighted by molar-refractivity contribution is 5.80. The van der Waals surface area contributed by atoms with Crippen molar-refractivity contribution in [2.75, 3.05) is 24.5 Å². The molecule has 7 nitrogen and oxygen atoms in total. The minimum Gasteiger partial charge on any atom is -0.369 e. The van der Waals surface area contributed by atoms with Gasteiger partial charge in [-0.25, -0.2) is 4.99 Å². The van der Waals surface area contributed by atoms with E-state index >= 15 is 0 Å². The predicted molar refractivity (Wildman–Crippen MR) is 94.0 cm³/mol. The van der Waals surface area contributed by atoms with Crippen molar-refractivity contribution in [3.05, 3.63) is 42.0 Å². The van der Waals surface area contributed by atoms with E-state index in [4.69, 9.17) is 4.52 Å². The molecule has 3 rings (SSSR count). The van der Waals surface area contributed by atoms with Crippen molar-refractivity contribution >= 4 is 11.6 Å². The van der Waals surface area contributed by atoms with E-state index in [0.29, 0.717) is 24.3 Å². The minimum absolute atomic E-state index is 0.368. The first-order chi connectivity index (χ1) is 11.7. The number of nitrogens with zero attached hydrogens (tertiary/aromatic N) is 4. The summed E-state index contributed by atoms with van der Waals surface area (Å²) in [4.78, 5) is 11.1. The van der Waals surface area contributed by atoms with E-state index in [1.165, 1.54) is 5.69 Å². The molecule has 1 aromatic heterocycles. The van der Waals surface area contributed by atoms with Gasteiger partial charge >= 0.3 is 0 Å². The summed E-state index contributed by atoms with van der Waals surface area (Å²) in [5.41, 5.74) is 1.27. The van der Waals surface area contributed by atoms with Crippen LogP contribution in [0.5, 0.6) is 0 Å². The van der Waals surface area contributed by atoms with Gasteiger partial charge in [0, 0.05) is 31.4 Å². The zero-order chi connectivity index (χ0) is 16.8. The topological polar surface area (TPSA) is 78.6 Å². The molecule has 1 atom stereocenters. The molecule has 1 unspecified atom stereocenters. The number of anilines is 1. The molecule has 0 radical (unpaired) electrons. The first kappa shape index (κ1) is 16.3. The van der Waals surface area contributed by atoms with E-state index in [1.54, 1.807) is 6.92 Å². The van der Waals surface area contributed by atoms with E-state index in [0.717, 1.165) is 32.0 Å². The van der Waals surface area contributed by atoms with Crippen molar-refractivity contribution < 1.29 is 4.52 Å². The van der Waals surface area contributed by atoms with Crippen LogP contribution in [0.1, 0.15) is 25.1 Å². The number of aryl methyl sites for hydroxylation is 1. The Morgan fingerprint density at radius 1 is 1.38 bits per heavy atom. The van der Waals surface area contributed by atoms with Gasteiger partial charge in [-0.3, -0.25) is 0 Å². The van der Waals surface area contributed by atoms with Gasteiger partial charge in [0.05, 0.1) is 0 Å². The maximum absolute atomic E-state index is 5.11. The summed E-state index contributed by atoms with van der Waals surface area (Å²) < 4.78 is 5.11. The van der Waals surface area contributed by atoms with Gasteiger partial charge in [-0.15, -0.1) is 0 Å². The molecule has 1 saturated heterocycles. The number of para-hydroxylation sites is 1. The predicted octanol–water partition coefficient (Wildman–Crippen LogP) is 1.71. The van der Waals surface area contributed by atoms with Crippen molar-refractivity contribution in [1.29, 1.82) is 0 Å². The summed E-state index contributed by atoms with van der Waals surface area (Å²) in [7, 11) is 0. The lowest BCUT2D eigenvalue weighted by Crippen LogP contribution is -2.44. The van der Waals surface area contributed by atoms with Crippen LogP contribution in [0.4, 0.5) is 5.69 Å². The third-order valence-corrected chi connectivity index (χ3v) is 3.94. The molecular formula is C17H24N6O. The van der Waals surface area contributed by atoms with E-state index < -0.39 is 0 Å². The third-order valence-electron chi connectivity index (χ3n) is 3.94. The van der Waals surface area contributed by atoms with Gasteiger partial charge in [-0.05, 0) is 32.4 Å². The van der Waals surface area contributed by atoms with Crippen LogP contribution in [0.2, 0.25) is 0 Å². The number of guanidine groups is 1. The van der Waals surface area contributed by atoms with Crippen molar-refractivity contribution in [2.24, 2.45) is 4.99 Å². The highest BCUT2D eigenvalue weighted by Gasteiger charge is 2.23. The molecule has 2 heterocycles. The SMILES string of the molecule is CCNC(=NCc1nc(C)no1)NC1CCN(c2ccccc2)C1. The van der Waals surface area contributed by atoms with Gasteiger partial charge in [0.25, 0.3) is 0 Å². The van der Waals surface area contributed by atoms with Crippen LogP contribution in [-0.2, 0) is 6.54 Å². The third kappa shape index (κ3) is 4.24. The second kappa shape index (κ2) is 7.81. The average Bonchev–Trinajstić information content (AvgIpc) is 3.23. The Balaban J connectivity index is 1.57. The smallest absolute Gasteiger partial charge is 0.248 e. The second-order valence-electron chi connectivity index (χ2n) is 5.84. The molecule has 24 heavy (non-hydrogen) atoms. The zero-order valence-electron chi connectivity index (χ0n) is 14.2. The summed E-state index contributed by atoms with van der Waals surface area (Å²) in [6.45, 7) is 7.06. The molecule has 0 amide bonds. The van der Waals surface area contributed by atoms with E-state index in [-0.39, 0.29) is 0 Å². The normalized spacial score (nSPS) is 18.0. The molecule has 0 bridgehead atoms. The Morgan fingerprint density at radius 3 is 2.92 bits per heavy atom. The van der Waals surface area contributed by atoms with Crippen LogP contribution >= 0.6 is 0 Å². The molecule has 0 spiro atoms. The molecule has 0 saturated carbocycles. The lowest BCUT2D eigenvalue weighted by molar-refractivity contribution is 0.376. The number of benzene rings is 1. The van der Waals surface area contributed by atoms with Gasteiger partial charge in [0.15, 0.2) is 11.8 Å². The lowest BCUT2D eigenvalue weighted by atomic mass is 10.3. The van der Waals surface area contributed by atoms with E-state index in [9.17, 15) is 0 Å². The highest BCUT2D eigenvalue weighted by Crippen LogP contribution is 2.19. The van der Waals surface area contributed by atoms with Crippen molar-refractivity contribution in [3.8, 4) is 0 Å². The highest BCUT2D eigenvalue weighted by atomic mass is 16.5. The average molecular weight is 328 g/mol. The Hall–Kier alpha value is -2.57. The fourth-order valence-electron chi connectivity index (χ4n) is 2.82. The number of rotatable bonds is 5. The monoisotopic (exact) mass is 328 g/mol. The molecule has 2 N–H and O–H groups in total. The molecule has 1 fully saturated rings. The van der Waals surface area contributed by atoms with Crippen molar-refractivity contribution in [1.82, 2.24) is 20.8 Å². The Kier molecular flexibility index (Phi) is 5.30. The minimum atomic E-state index is 0.368. The van der Waals surface area contributed by atoms with Crippen LogP contribution in [0.15, 0.2) is 39.8 Å². The van der Waals surface area contributed by atoms with Gasteiger partial charge < -0.3 is 20.1 Å². The molecule has 1 aliphatic rings. The van der Waals surface area contributed by atoms with Crippen LogP contribution in [0, 0.1) is 6.92 Å². The summed E-state index contributed by atoms with van der Waals surface area (Å²) in [6.07, 6.45) is 1.08. The first-order valence-corrected chi connectivity index (χ1v) is 8.38. The standard InChI is InChI=1S/C17H24N6O/c1-3-18-17(19-11-16-20-13(2)22-24-16)21-14-9-10-23(12-14)15-7-5-4-6-8-15/h4-8,14H,3,9-12H2,1-2H3,(H2,18,19,21). The first-order valence-electron chi connectivity index (χ1n) is 8.38. The molecule has 1 aliphatic heterocycles. The Morgan fingerprint density at radius 2 is 2.21 bits per heavy atom. The van der Waals surface area contributed by atoms with Crippen molar-refractivity contribution in [3.63, 3.8) is 0 Å². The quantitative estimate of drug-likeness (QED) is 0.643. The molecule has 0 aliphatic carbocycles. The summed E-state index contributed by atoms with van der Waals surface area (Å²) in [5, 5.41) is 10.6. The van der Waals surface area contributed by atoms with Gasteiger partial charge in [0.1, 0.15) is 6.54 Å². The number of aromatic nitrogens is 2. The Labute approximate surface area is 142 Å². The number of hydrogen-bond acceptors (Lipinski definition) is 5. The molecule has 2 aromatic rings. The number of aliphatic imine (C=N–C) groups is 1. The summed E-state index contributed by atoms with van der Waals surface area (Å²) >= 11 is 0. The Bertz CT molecular complexity index is 669. The zero-order valence-corrected chi connectivity index (χ0v) is 14.2. The van der Waals surface area contributed by atoms with Crippen LogP contribution in [0.25, 0.3) is 0 Å². The van der Waals surface area contributed by atoms with Gasteiger partial charge in [0.2, 0.25) is 5.89 Å². The molecule has 1 aromatic carbocycles. The van der Waals surface area contributed by atoms with Crippen LogP contribution in [-0.4, -0.2) is 41.8 Å². The van der Waals surface area contributed by atoms with Crippen LogP contribution < -0.4 is 15.5 Å². The molecular weight excluding hydrogens is 304 g/mol. The fourth-order valence-corrected chi connectivity index (χ4v) is 2.82. The van der Waals surface area contributed by atoms with Gasteiger partial charge in [-0.1, -0.05) is 23.4 Å². The van der Waals surface area contributed by atoms with Crippen molar-refractivity contribution in [2.45, 2.75) is 32.9 Å². The van der Waals surface area contributed by atoms with Crippen LogP contribution in [0.3, 0.4) is 0 Å². The van der Waals surface area contributed by atoms with E-state index in [2.05, 4.69) is 61.9 Å². The van der Waals surface area contributed by atoms with E-state index in [1.807, 2.05) is 6.07 Å². The maximum atomic E-state index is 5.11. The molecule has 128 valence electrons. The summed E-state index contributed by atoms with van der Waals surface area (Å²) in [6, 6.07) is 10.9. The largest absolute Gasteiger partial charge is 0.369 e. The number of nitrogens with one attached hydrogen (secondary N) is 2. The van der Waals surface area contributed by atoms with Gasteiger partial charge in [-0.2, -0.15) is 4.98 Å². The second-order valence-corrected chi connectivity index (χ2v) is 5.84. The molecule has 7 heteroatoms. The number of hydrogen-bond donors (Lipinski definition) is 2.